The minimum atomic E-state index is 0.969. The molecule has 0 aliphatic rings. The van der Waals surface area contributed by atoms with Crippen molar-refractivity contribution >= 4 is 13.3 Å². The van der Waals surface area contributed by atoms with E-state index in [1.54, 1.807) is 0 Å². The van der Waals surface area contributed by atoms with Gasteiger partial charge in [0.15, 0.2) is 0 Å². The molecule has 0 amide bonds. The molecule has 0 saturated carbocycles. The van der Waals surface area contributed by atoms with Gasteiger partial charge in [0.2, 0.25) is 0 Å². The van der Waals surface area contributed by atoms with Gasteiger partial charge in [-0.3, -0.25) is 0 Å². The van der Waals surface area contributed by atoms with Crippen LogP contribution < -0.4 is 5.46 Å². The highest BCUT2D eigenvalue weighted by Crippen LogP contribution is 2.10. The molecule has 0 bridgehead atoms. The zero-order valence-corrected chi connectivity index (χ0v) is 18.2. The van der Waals surface area contributed by atoms with Crippen molar-refractivity contribution < 1.29 is 0 Å². The minimum Gasteiger partial charge on any atom is -0.0889 e. The molecular weight excluding hydrogens is 383 g/mol. The third kappa shape index (κ3) is 5.83. The van der Waals surface area contributed by atoms with Crippen LogP contribution in [0.15, 0.2) is 97.1 Å². The summed E-state index contributed by atoms with van der Waals surface area (Å²) in [6, 6.07) is 32.5. The van der Waals surface area contributed by atoms with Crippen LogP contribution in [0.25, 0.3) is 0 Å². The van der Waals surface area contributed by atoms with Crippen molar-refractivity contribution in [3.8, 4) is 35.5 Å². The standard InChI is InChI=1S/C31H21B/c1-24-23-29(16-20-30(24)19-15-28-17-21-31(32)22-18-28)14-13-27-11-9-26(10-12-27)8-7-25-5-3-2-4-6-25/h2-6,9-12,16-18,20-23H,32H2,1H3. The molecule has 0 fully saturated rings. The topological polar surface area (TPSA) is 0 Å². The smallest absolute Gasteiger partial charge is 0.0889 e. The minimum absolute atomic E-state index is 0.969. The van der Waals surface area contributed by atoms with E-state index in [2.05, 4.69) is 80.6 Å². The number of hydrogen-bond acceptors (Lipinski definition) is 0. The first-order valence-electron chi connectivity index (χ1n) is 10.5. The van der Waals surface area contributed by atoms with Crippen LogP contribution in [0.2, 0.25) is 0 Å². The second kappa shape index (κ2) is 10.1. The maximum Gasteiger partial charge on any atom is 0.139 e. The Labute approximate surface area is 191 Å². The Balaban J connectivity index is 1.45. The summed E-state index contributed by atoms with van der Waals surface area (Å²) in [6.45, 7) is 2.07. The summed E-state index contributed by atoms with van der Waals surface area (Å²) in [7, 11) is 2.08. The van der Waals surface area contributed by atoms with Gasteiger partial charge in [-0.25, -0.2) is 0 Å². The summed E-state index contributed by atoms with van der Waals surface area (Å²) in [5.41, 5.74) is 8.36. The van der Waals surface area contributed by atoms with Gasteiger partial charge >= 0.3 is 0 Å². The van der Waals surface area contributed by atoms with Gasteiger partial charge in [0, 0.05) is 33.4 Å². The second-order valence-corrected chi connectivity index (χ2v) is 7.59. The highest BCUT2D eigenvalue weighted by Gasteiger charge is 1.97. The van der Waals surface area contributed by atoms with Gasteiger partial charge in [-0.1, -0.05) is 71.3 Å². The van der Waals surface area contributed by atoms with Crippen molar-refractivity contribution in [1.82, 2.24) is 0 Å². The lowest BCUT2D eigenvalue weighted by Gasteiger charge is -1.99. The number of rotatable bonds is 0. The van der Waals surface area contributed by atoms with E-state index in [1.165, 1.54) is 5.46 Å². The van der Waals surface area contributed by atoms with Crippen molar-refractivity contribution in [2.24, 2.45) is 0 Å². The van der Waals surface area contributed by atoms with Crippen LogP contribution in [0, 0.1) is 42.4 Å². The first-order chi connectivity index (χ1) is 15.7. The first kappa shape index (κ1) is 20.9. The van der Waals surface area contributed by atoms with Crippen molar-refractivity contribution in [2.45, 2.75) is 6.92 Å². The Morgan fingerprint density at radius 3 is 1.47 bits per heavy atom. The molecule has 0 atom stereocenters. The fraction of sp³-hybridized carbons (Fsp3) is 0.0323. The maximum absolute atomic E-state index is 3.27. The molecule has 0 saturated heterocycles. The third-order valence-electron chi connectivity index (χ3n) is 4.98. The molecule has 1 heteroatoms. The highest BCUT2D eigenvalue weighted by molar-refractivity contribution is 6.32. The van der Waals surface area contributed by atoms with E-state index in [0.717, 1.165) is 38.9 Å². The van der Waals surface area contributed by atoms with Crippen molar-refractivity contribution in [2.75, 3.05) is 0 Å². The molecule has 4 aromatic carbocycles. The zero-order valence-electron chi connectivity index (χ0n) is 18.2. The number of aryl methyl sites for hydroxylation is 1. The summed E-state index contributed by atoms with van der Waals surface area (Å²) >= 11 is 0. The lowest BCUT2D eigenvalue weighted by Crippen LogP contribution is -1.99. The molecule has 0 spiro atoms. The number of hydrogen-bond donors (Lipinski definition) is 0. The van der Waals surface area contributed by atoms with Gasteiger partial charge in [-0.2, -0.15) is 0 Å². The molecule has 0 aliphatic heterocycles. The lowest BCUT2D eigenvalue weighted by molar-refractivity contribution is 1.42. The van der Waals surface area contributed by atoms with Gasteiger partial charge in [-0.05, 0) is 79.2 Å². The van der Waals surface area contributed by atoms with E-state index in [9.17, 15) is 0 Å². The fourth-order valence-corrected chi connectivity index (χ4v) is 3.11. The first-order valence-corrected chi connectivity index (χ1v) is 10.5. The maximum atomic E-state index is 3.27. The van der Waals surface area contributed by atoms with Crippen LogP contribution in [0.4, 0.5) is 0 Å². The largest absolute Gasteiger partial charge is 0.139 e. The van der Waals surface area contributed by atoms with Crippen LogP contribution in [0.1, 0.15) is 38.9 Å². The molecule has 0 heterocycles. The summed E-state index contributed by atoms with van der Waals surface area (Å²) in [6.07, 6.45) is 0. The van der Waals surface area contributed by atoms with E-state index < -0.39 is 0 Å². The molecule has 0 nitrogen and oxygen atoms in total. The van der Waals surface area contributed by atoms with E-state index in [-0.39, 0.29) is 0 Å². The molecule has 4 rings (SSSR count). The monoisotopic (exact) mass is 404 g/mol. The molecule has 0 unspecified atom stereocenters. The predicted octanol–water partition coefficient (Wildman–Crippen LogP) is 4.45. The molecule has 0 aliphatic carbocycles. The van der Waals surface area contributed by atoms with Gasteiger partial charge in [0.05, 0.1) is 0 Å². The molecule has 32 heavy (non-hydrogen) atoms. The Kier molecular flexibility index (Phi) is 6.58. The summed E-state index contributed by atoms with van der Waals surface area (Å²) < 4.78 is 0. The average molecular weight is 404 g/mol. The Bertz CT molecular complexity index is 1410. The Morgan fingerprint density at radius 1 is 0.469 bits per heavy atom. The average Bonchev–Trinajstić information content (AvgIpc) is 2.83. The van der Waals surface area contributed by atoms with Crippen molar-refractivity contribution in [1.29, 1.82) is 0 Å². The molecule has 4 aromatic rings. The van der Waals surface area contributed by atoms with Crippen molar-refractivity contribution in [3.63, 3.8) is 0 Å². The van der Waals surface area contributed by atoms with E-state index in [4.69, 9.17) is 0 Å². The second-order valence-electron chi connectivity index (χ2n) is 7.59. The van der Waals surface area contributed by atoms with Crippen molar-refractivity contribution in [3.05, 3.63) is 136 Å². The SMILES string of the molecule is Bc1ccc(C#Cc2ccc(C#Cc3ccc(C#Cc4ccccc4)cc3)cc2C)cc1. The molecule has 0 aromatic heterocycles. The fourth-order valence-electron chi connectivity index (χ4n) is 3.11. The van der Waals surface area contributed by atoms with Gasteiger partial charge < -0.3 is 0 Å². The quantitative estimate of drug-likeness (QED) is 0.300. The molecule has 0 radical (unpaired) electrons. The van der Waals surface area contributed by atoms with Crippen LogP contribution in [0.5, 0.6) is 0 Å². The van der Waals surface area contributed by atoms with Crippen LogP contribution in [0.3, 0.4) is 0 Å². The normalized spacial score (nSPS) is 9.41. The van der Waals surface area contributed by atoms with E-state index in [1.807, 2.05) is 66.7 Å². The van der Waals surface area contributed by atoms with Crippen LogP contribution in [-0.4, -0.2) is 7.85 Å². The number of benzene rings is 4. The summed E-state index contributed by atoms with van der Waals surface area (Å²) in [5.74, 6) is 19.4. The van der Waals surface area contributed by atoms with E-state index >= 15 is 0 Å². The Morgan fingerprint density at radius 2 is 0.906 bits per heavy atom. The molecule has 148 valence electrons. The van der Waals surface area contributed by atoms with Crippen LogP contribution >= 0.6 is 0 Å². The Hall–Kier alpha value is -4.38. The van der Waals surface area contributed by atoms with E-state index in [0.29, 0.717) is 0 Å². The third-order valence-corrected chi connectivity index (χ3v) is 4.98. The lowest BCUT2D eigenvalue weighted by atomic mass is 9.95. The van der Waals surface area contributed by atoms with Gasteiger partial charge in [0.1, 0.15) is 7.85 Å². The molecule has 0 N–H and O–H groups in total. The molecular formula is C31H21B. The summed E-state index contributed by atoms with van der Waals surface area (Å²) in [5, 5.41) is 0. The predicted molar refractivity (Wildman–Crippen MR) is 137 cm³/mol. The van der Waals surface area contributed by atoms with Gasteiger partial charge in [-0.15, -0.1) is 0 Å². The highest BCUT2D eigenvalue weighted by atomic mass is 14.0. The van der Waals surface area contributed by atoms with Crippen LogP contribution in [-0.2, 0) is 0 Å². The van der Waals surface area contributed by atoms with Gasteiger partial charge in [0.25, 0.3) is 0 Å². The zero-order chi connectivity index (χ0) is 22.2. The summed E-state index contributed by atoms with van der Waals surface area (Å²) in [4.78, 5) is 0.